The van der Waals surface area contributed by atoms with Gasteiger partial charge in [-0.2, -0.15) is 13.2 Å². The van der Waals surface area contributed by atoms with E-state index in [1.165, 1.54) is 6.92 Å². The Bertz CT molecular complexity index is 947. The van der Waals surface area contributed by atoms with Crippen LogP contribution in [0.5, 0.6) is 0 Å². The van der Waals surface area contributed by atoms with Crippen LogP contribution in [0, 0.1) is 6.92 Å². The molecule has 1 aliphatic rings. The van der Waals surface area contributed by atoms with E-state index in [1.54, 1.807) is 43.0 Å². The van der Waals surface area contributed by atoms with Crippen LogP contribution in [0.25, 0.3) is 11.1 Å². The number of carbonyl (C=O) groups is 1. The van der Waals surface area contributed by atoms with Crippen LogP contribution in [0.1, 0.15) is 55.5 Å². The standard InChI is InChI=1S/C22H26ClF3N2O2/c1-13(2)28-18(20(29)27-10-11-30-21(4,5)12-27)17(14(3)19(28)22(24,25)26)15-6-8-16(23)9-7-15/h6-9,13H,10-12H2,1-5H3. The molecule has 1 fully saturated rings. The second-order valence-corrected chi connectivity index (χ2v) is 8.94. The van der Waals surface area contributed by atoms with Crippen molar-refractivity contribution in [3.05, 3.63) is 46.2 Å². The molecule has 3 rings (SSSR count). The second kappa shape index (κ2) is 7.93. The van der Waals surface area contributed by atoms with Gasteiger partial charge in [0.15, 0.2) is 0 Å². The molecule has 0 atom stereocenters. The molecule has 1 amide bonds. The highest BCUT2D eigenvalue weighted by Gasteiger charge is 2.43. The number of hydrogen-bond donors (Lipinski definition) is 0. The van der Waals surface area contributed by atoms with Gasteiger partial charge in [0.25, 0.3) is 5.91 Å². The van der Waals surface area contributed by atoms with Gasteiger partial charge < -0.3 is 14.2 Å². The van der Waals surface area contributed by atoms with E-state index in [1.807, 2.05) is 13.8 Å². The van der Waals surface area contributed by atoms with E-state index in [9.17, 15) is 18.0 Å². The van der Waals surface area contributed by atoms with Crippen LogP contribution in [0.3, 0.4) is 0 Å². The third kappa shape index (κ3) is 4.23. The Balaban J connectivity index is 2.28. The van der Waals surface area contributed by atoms with Gasteiger partial charge in [0, 0.05) is 29.7 Å². The smallest absolute Gasteiger partial charge is 0.372 e. The lowest BCUT2D eigenvalue weighted by atomic mass is 9.99. The van der Waals surface area contributed by atoms with Crippen molar-refractivity contribution in [2.75, 3.05) is 19.7 Å². The molecular weight excluding hydrogens is 417 g/mol. The van der Waals surface area contributed by atoms with Crippen molar-refractivity contribution in [1.82, 2.24) is 9.47 Å². The minimum atomic E-state index is -4.60. The van der Waals surface area contributed by atoms with Crippen LogP contribution in [0.15, 0.2) is 24.3 Å². The molecule has 1 aromatic heterocycles. The van der Waals surface area contributed by atoms with Crippen molar-refractivity contribution < 1.29 is 22.7 Å². The first kappa shape index (κ1) is 22.7. The minimum absolute atomic E-state index is 0.0365. The number of morpholine rings is 1. The molecule has 0 unspecified atom stereocenters. The quantitative estimate of drug-likeness (QED) is 0.587. The van der Waals surface area contributed by atoms with Gasteiger partial charge in [-0.1, -0.05) is 23.7 Å². The maximum absolute atomic E-state index is 14.1. The predicted octanol–water partition coefficient (Wildman–Crippen LogP) is 5.97. The monoisotopic (exact) mass is 442 g/mol. The van der Waals surface area contributed by atoms with Gasteiger partial charge in [-0.3, -0.25) is 4.79 Å². The van der Waals surface area contributed by atoms with E-state index < -0.39 is 29.4 Å². The van der Waals surface area contributed by atoms with Crippen molar-refractivity contribution in [1.29, 1.82) is 0 Å². The van der Waals surface area contributed by atoms with Crippen LogP contribution in [0.4, 0.5) is 13.2 Å². The molecule has 1 saturated heterocycles. The molecule has 164 valence electrons. The van der Waals surface area contributed by atoms with Gasteiger partial charge in [0.1, 0.15) is 11.4 Å². The lowest BCUT2D eigenvalue weighted by molar-refractivity contribution is -0.144. The van der Waals surface area contributed by atoms with Crippen LogP contribution in [0.2, 0.25) is 5.02 Å². The van der Waals surface area contributed by atoms with E-state index in [0.717, 1.165) is 4.57 Å². The number of rotatable bonds is 3. The Morgan fingerprint density at radius 3 is 2.30 bits per heavy atom. The van der Waals surface area contributed by atoms with Crippen LogP contribution < -0.4 is 0 Å². The molecule has 2 heterocycles. The molecule has 30 heavy (non-hydrogen) atoms. The Kier molecular flexibility index (Phi) is 6.00. The molecule has 2 aromatic rings. The molecule has 0 saturated carbocycles. The summed E-state index contributed by atoms with van der Waals surface area (Å²) in [5.41, 5.74) is -0.451. The van der Waals surface area contributed by atoms with Crippen LogP contribution in [-0.4, -0.2) is 40.7 Å². The van der Waals surface area contributed by atoms with E-state index in [0.29, 0.717) is 35.8 Å². The van der Waals surface area contributed by atoms with Crippen molar-refractivity contribution in [3.8, 4) is 11.1 Å². The summed E-state index contributed by atoms with van der Waals surface area (Å²) in [6.45, 7) is 9.41. The number of benzene rings is 1. The fraction of sp³-hybridized carbons (Fsp3) is 0.500. The number of nitrogens with zero attached hydrogens (tertiary/aromatic N) is 2. The summed E-state index contributed by atoms with van der Waals surface area (Å²) >= 11 is 5.98. The Morgan fingerprint density at radius 2 is 1.80 bits per heavy atom. The average Bonchev–Trinajstić information content (AvgIpc) is 2.94. The number of hydrogen-bond acceptors (Lipinski definition) is 2. The van der Waals surface area contributed by atoms with Gasteiger partial charge in [-0.15, -0.1) is 0 Å². The number of amides is 1. The summed E-state index contributed by atoms with van der Waals surface area (Å²) in [4.78, 5) is 15.2. The van der Waals surface area contributed by atoms with Crippen molar-refractivity contribution in [3.63, 3.8) is 0 Å². The minimum Gasteiger partial charge on any atom is -0.372 e. The van der Waals surface area contributed by atoms with Gasteiger partial charge in [0.05, 0.1) is 12.2 Å². The van der Waals surface area contributed by atoms with Crippen molar-refractivity contribution >= 4 is 17.5 Å². The fourth-order valence-electron chi connectivity index (χ4n) is 4.09. The highest BCUT2D eigenvalue weighted by molar-refractivity contribution is 6.30. The first-order chi connectivity index (χ1) is 13.8. The highest BCUT2D eigenvalue weighted by Crippen LogP contribution is 2.43. The lowest BCUT2D eigenvalue weighted by Gasteiger charge is -2.38. The van der Waals surface area contributed by atoms with Gasteiger partial charge >= 0.3 is 6.18 Å². The summed E-state index contributed by atoms with van der Waals surface area (Å²) < 4.78 is 49.1. The average molecular weight is 443 g/mol. The number of halogens is 4. The fourth-order valence-corrected chi connectivity index (χ4v) is 4.22. The molecule has 1 aromatic carbocycles. The molecule has 1 aliphatic heterocycles. The normalized spacial score (nSPS) is 16.9. The molecule has 0 aliphatic carbocycles. The van der Waals surface area contributed by atoms with E-state index in [4.69, 9.17) is 16.3 Å². The zero-order valence-corrected chi connectivity index (χ0v) is 18.5. The molecule has 0 spiro atoms. The second-order valence-electron chi connectivity index (χ2n) is 8.50. The maximum Gasteiger partial charge on any atom is 0.431 e. The Morgan fingerprint density at radius 1 is 1.20 bits per heavy atom. The topological polar surface area (TPSA) is 34.5 Å². The number of ether oxygens (including phenoxy) is 1. The van der Waals surface area contributed by atoms with Crippen LogP contribution in [-0.2, 0) is 10.9 Å². The molecule has 0 bridgehead atoms. The summed E-state index contributed by atoms with van der Waals surface area (Å²) in [5.74, 6) is -0.427. The predicted molar refractivity (Wildman–Crippen MR) is 111 cm³/mol. The summed E-state index contributed by atoms with van der Waals surface area (Å²) in [6, 6.07) is 5.96. The molecule has 0 N–H and O–H groups in total. The number of alkyl halides is 3. The largest absolute Gasteiger partial charge is 0.431 e. The zero-order valence-electron chi connectivity index (χ0n) is 17.7. The molecular formula is C22H26ClF3N2O2. The SMILES string of the molecule is Cc1c(-c2ccc(Cl)cc2)c(C(=O)N2CCOC(C)(C)C2)n(C(C)C)c1C(F)(F)F. The summed E-state index contributed by atoms with van der Waals surface area (Å²) in [6.07, 6.45) is -4.60. The van der Waals surface area contributed by atoms with Crippen molar-refractivity contribution in [2.45, 2.75) is 52.4 Å². The van der Waals surface area contributed by atoms with Gasteiger partial charge in [0.2, 0.25) is 0 Å². The summed E-state index contributed by atoms with van der Waals surface area (Å²) in [7, 11) is 0. The van der Waals surface area contributed by atoms with E-state index in [-0.39, 0.29) is 11.3 Å². The first-order valence-corrected chi connectivity index (χ1v) is 10.2. The van der Waals surface area contributed by atoms with Gasteiger partial charge in [-0.05, 0) is 57.9 Å². The third-order valence-corrected chi connectivity index (χ3v) is 5.53. The zero-order chi connectivity index (χ0) is 22.4. The molecule has 0 radical (unpaired) electrons. The van der Waals surface area contributed by atoms with Crippen molar-refractivity contribution in [2.24, 2.45) is 0 Å². The van der Waals surface area contributed by atoms with Crippen LogP contribution >= 0.6 is 11.6 Å². The third-order valence-electron chi connectivity index (χ3n) is 5.28. The molecule has 4 nitrogen and oxygen atoms in total. The Labute approximate surface area is 179 Å². The number of carbonyl (C=O) groups excluding carboxylic acids is 1. The van der Waals surface area contributed by atoms with E-state index >= 15 is 0 Å². The highest BCUT2D eigenvalue weighted by atomic mass is 35.5. The van der Waals surface area contributed by atoms with Gasteiger partial charge in [-0.25, -0.2) is 0 Å². The molecule has 8 heteroatoms. The maximum atomic E-state index is 14.1. The summed E-state index contributed by atoms with van der Waals surface area (Å²) in [5, 5.41) is 0.471. The van der Waals surface area contributed by atoms with E-state index in [2.05, 4.69) is 0 Å². The first-order valence-electron chi connectivity index (χ1n) is 9.84. The lowest BCUT2D eigenvalue weighted by Crippen LogP contribution is -2.51. The number of aromatic nitrogens is 1. The Hall–Kier alpha value is -1.99.